The molecule has 1 saturated heterocycles. The Kier molecular flexibility index (Phi) is 10.1. The van der Waals surface area contributed by atoms with Gasteiger partial charge in [-0.25, -0.2) is 0 Å². The average Bonchev–Trinajstić information content (AvgIpc) is 2.57. The van der Waals surface area contributed by atoms with Crippen LogP contribution in [0.15, 0.2) is 27.7 Å². The molecule has 0 bridgehead atoms. The number of halogens is 3. The second-order valence-corrected chi connectivity index (χ2v) is 7.01. The number of nitrogens with zero attached hydrogens (tertiary/aromatic N) is 3. The third kappa shape index (κ3) is 6.94. The van der Waals surface area contributed by atoms with Gasteiger partial charge in [0.25, 0.3) is 0 Å². The number of hydrogen-bond donors (Lipinski definition) is 1. The van der Waals surface area contributed by atoms with Gasteiger partial charge in [-0.3, -0.25) is 9.79 Å². The number of amides is 1. The number of carbonyl (C=O) groups is 1. The molecule has 0 aromatic heterocycles. The molecule has 1 fully saturated rings. The van der Waals surface area contributed by atoms with Gasteiger partial charge in [0.05, 0.1) is 0 Å². The van der Waals surface area contributed by atoms with Crippen molar-refractivity contribution in [3.63, 3.8) is 0 Å². The summed E-state index contributed by atoms with van der Waals surface area (Å²) in [5.74, 6) is 1.06. The van der Waals surface area contributed by atoms with Gasteiger partial charge in [-0.1, -0.05) is 27.5 Å². The Morgan fingerprint density at radius 1 is 1.28 bits per heavy atom. The molecule has 25 heavy (non-hydrogen) atoms. The molecule has 1 aliphatic heterocycles. The van der Waals surface area contributed by atoms with Crippen LogP contribution in [0.5, 0.6) is 0 Å². The van der Waals surface area contributed by atoms with Crippen LogP contribution < -0.4 is 5.32 Å². The summed E-state index contributed by atoms with van der Waals surface area (Å²) in [4.78, 5) is 20.3. The van der Waals surface area contributed by atoms with E-state index in [-0.39, 0.29) is 29.9 Å². The van der Waals surface area contributed by atoms with Crippen molar-refractivity contribution >= 4 is 63.4 Å². The third-order valence-electron chi connectivity index (χ3n) is 4.01. The minimum absolute atomic E-state index is 0. The number of piperazine rings is 1. The first-order valence-corrected chi connectivity index (χ1v) is 9.41. The van der Waals surface area contributed by atoms with Crippen molar-refractivity contribution in [3.05, 3.63) is 33.3 Å². The van der Waals surface area contributed by atoms with E-state index in [4.69, 9.17) is 16.6 Å². The fourth-order valence-corrected chi connectivity index (χ4v) is 3.32. The number of carbonyl (C=O) groups excluding carboxylic acids is 1. The highest BCUT2D eigenvalue weighted by atomic mass is 127. The Balaban J connectivity index is 0.00000312. The highest BCUT2D eigenvalue weighted by Gasteiger charge is 2.20. The molecule has 1 amide bonds. The zero-order chi connectivity index (χ0) is 17.5. The van der Waals surface area contributed by atoms with E-state index in [0.29, 0.717) is 6.54 Å². The minimum atomic E-state index is 0. The maximum Gasteiger partial charge on any atom is 0.219 e. The number of rotatable bonds is 4. The molecule has 0 atom stereocenters. The molecule has 2 rings (SSSR count). The van der Waals surface area contributed by atoms with E-state index in [0.717, 1.165) is 60.2 Å². The summed E-state index contributed by atoms with van der Waals surface area (Å²) in [6.07, 6.45) is 0.823. The molecule has 1 heterocycles. The van der Waals surface area contributed by atoms with Gasteiger partial charge in [0, 0.05) is 55.7 Å². The average molecular weight is 544 g/mol. The highest BCUT2D eigenvalue weighted by Crippen LogP contribution is 2.21. The van der Waals surface area contributed by atoms with Crippen molar-refractivity contribution in [2.45, 2.75) is 20.3 Å². The largest absolute Gasteiger partial charge is 0.357 e. The summed E-state index contributed by atoms with van der Waals surface area (Å²) >= 11 is 9.61. The molecule has 5 nitrogen and oxygen atoms in total. The lowest BCUT2D eigenvalue weighted by Crippen LogP contribution is -2.53. The predicted molar refractivity (Wildman–Crippen MR) is 118 cm³/mol. The van der Waals surface area contributed by atoms with E-state index in [2.05, 4.69) is 33.1 Å². The van der Waals surface area contributed by atoms with Crippen LogP contribution >= 0.6 is 51.5 Å². The number of hydrogen-bond acceptors (Lipinski definition) is 2. The number of guanidine groups is 1. The van der Waals surface area contributed by atoms with Crippen LogP contribution in [0.2, 0.25) is 5.02 Å². The van der Waals surface area contributed by atoms with Crippen molar-refractivity contribution in [2.24, 2.45) is 4.99 Å². The van der Waals surface area contributed by atoms with Crippen LogP contribution in [-0.4, -0.2) is 60.9 Å². The highest BCUT2D eigenvalue weighted by molar-refractivity contribution is 14.0. The van der Waals surface area contributed by atoms with Gasteiger partial charge in [-0.15, -0.1) is 24.0 Å². The van der Waals surface area contributed by atoms with Gasteiger partial charge in [-0.05, 0) is 37.1 Å². The minimum Gasteiger partial charge on any atom is -0.357 e. The van der Waals surface area contributed by atoms with E-state index >= 15 is 0 Å². The van der Waals surface area contributed by atoms with Crippen LogP contribution in [0.4, 0.5) is 0 Å². The molecule has 140 valence electrons. The standard InChI is InChI=1S/C17H24BrClN4O.HI/c1-3-20-17(23-10-8-22(9-11-23)13(2)24)21-7-6-14-12-15(19)4-5-16(14)18;/h4-5,12H,3,6-11H2,1-2H3,(H,20,21);1H. The van der Waals surface area contributed by atoms with Crippen LogP contribution in [-0.2, 0) is 11.2 Å². The SMILES string of the molecule is CCNC(=NCCc1cc(Cl)ccc1Br)N1CCN(C(C)=O)CC1.I. The van der Waals surface area contributed by atoms with Crippen molar-refractivity contribution in [1.82, 2.24) is 15.1 Å². The first-order valence-electron chi connectivity index (χ1n) is 8.24. The number of nitrogens with one attached hydrogen (secondary N) is 1. The quantitative estimate of drug-likeness (QED) is 0.360. The van der Waals surface area contributed by atoms with Gasteiger partial charge in [0.15, 0.2) is 5.96 Å². The van der Waals surface area contributed by atoms with E-state index < -0.39 is 0 Å². The number of aliphatic imine (C=N–C) groups is 1. The second kappa shape index (κ2) is 11.2. The lowest BCUT2D eigenvalue weighted by molar-refractivity contribution is -0.130. The summed E-state index contributed by atoms with van der Waals surface area (Å²) in [5, 5.41) is 4.08. The second-order valence-electron chi connectivity index (χ2n) is 5.71. The molecule has 1 N–H and O–H groups in total. The molecule has 0 radical (unpaired) electrons. The molecule has 0 spiro atoms. The Morgan fingerprint density at radius 2 is 1.92 bits per heavy atom. The van der Waals surface area contributed by atoms with Crippen LogP contribution in [0.25, 0.3) is 0 Å². The zero-order valence-corrected chi connectivity index (χ0v) is 19.3. The summed E-state index contributed by atoms with van der Waals surface area (Å²) in [5.41, 5.74) is 1.16. The fourth-order valence-electron chi connectivity index (χ4n) is 2.68. The summed E-state index contributed by atoms with van der Waals surface area (Å²) in [6, 6.07) is 5.81. The van der Waals surface area contributed by atoms with Crippen molar-refractivity contribution in [1.29, 1.82) is 0 Å². The van der Waals surface area contributed by atoms with E-state index in [1.165, 1.54) is 0 Å². The molecule has 1 aliphatic rings. The van der Waals surface area contributed by atoms with Gasteiger partial charge >= 0.3 is 0 Å². The van der Waals surface area contributed by atoms with Crippen LogP contribution in [0.3, 0.4) is 0 Å². The zero-order valence-electron chi connectivity index (χ0n) is 14.6. The Bertz CT molecular complexity index is 606. The molecule has 0 unspecified atom stereocenters. The Hall–Kier alpha value is -0.540. The van der Waals surface area contributed by atoms with E-state index in [1.54, 1.807) is 6.92 Å². The smallest absolute Gasteiger partial charge is 0.219 e. The van der Waals surface area contributed by atoms with Crippen LogP contribution in [0, 0.1) is 0 Å². The summed E-state index contributed by atoms with van der Waals surface area (Å²) < 4.78 is 1.06. The molecular formula is C17H25BrClIN4O. The topological polar surface area (TPSA) is 47.9 Å². The van der Waals surface area contributed by atoms with Crippen molar-refractivity contribution < 1.29 is 4.79 Å². The molecule has 0 aliphatic carbocycles. The van der Waals surface area contributed by atoms with Gasteiger partial charge in [0.2, 0.25) is 5.91 Å². The third-order valence-corrected chi connectivity index (χ3v) is 5.02. The van der Waals surface area contributed by atoms with E-state index in [1.807, 2.05) is 23.1 Å². The van der Waals surface area contributed by atoms with Crippen LogP contribution in [0.1, 0.15) is 19.4 Å². The monoisotopic (exact) mass is 542 g/mol. The van der Waals surface area contributed by atoms with Gasteiger partial charge in [0.1, 0.15) is 0 Å². The Labute approximate surface area is 180 Å². The molecule has 1 aromatic carbocycles. The Morgan fingerprint density at radius 3 is 2.52 bits per heavy atom. The number of benzene rings is 1. The summed E-state index contributed by atoms with van der Waals surface area (Å²) in [6.45, 7) is 8.32. The van der Waals surface area contributed by atoms with Gasteiger partial charge in [-0.2, -0.15) is 0 Å². The van der Waals surface area contributed by atoms with Crippen molar-refractivity contribution in [3.8, 4) is 0 Å². The van der Waals surface area contributed by atoms with E-state index in [9.17, 15) is 4.79 Å². The normalized spacial score (nSPS) is 15.0. The maximum atomic E-state index is 11.4. The lowest BCUT2D eigenvalue weighted by Gasteiger charge is -2.36. The molecule has 1 aromatic rings. The fraction of sp³-hybridized carbons (Fsp3) is 0.529. The lowest BCUT2D eigenvalue weighted by atomic mass is 10.1. The first-order chi connectivity index (χ1) is 11.5. The van der Waals surface area contributed by atoms with Crippen molar-refractivity contribution in [2.75, 3.05) is 39.3 Å². The molecule has 8 heteroatoms. The summed E-state index contributed by atoms with van der Waals surface area (Å²) in [7, 11) is 0. The maximum absolute atomic E-state index is 11.4. The van der Waals surface area contributed by atoms with Gasteiger partial charge < -0.3 is 15.1 Å². The molecule has 0 saturated carbocycles. The predicted octanol–water partition coefficient (Wildman–Crippen LogP) is 3.39. The molecular weight excluding hydrogens is 518 g/mol. The first kappa shape index (κ1) is 22.5.